The average Bonchev–Trinajstić information content (AvgIpc) is 2.71. The van der Waals surface area contributed by atoms with Gasteiger partial charge in [-0.15, -0.1) is 0 Å². The van der Waals surface area contributed by atoms with Crippen molar-refractivity contribution in [3.8, 4) is 0 Å². The minimum Gasteiger partial charge on any atom is -0.456 e. The lowest BCUT2D eigenvalue weighted by Crippen LogP contribution is -2.53. The molecule has 0 aromatic heterocycles. The number of hydrogen-bond donors (Lipinski definition) is 0. The molecule has 19 heavy (non-hydrogen) atoms. The van der Waals surface area contributed by atoms with Crippen molar-refractivity contribution in [3.63, 3.8) is 0 Å². The van der Waals surface area contributed by atoms with E-state index < -0.39 is 17.3 Å². The molecule has 0 radical (unpaired) electrons. The maximum Gasteiger partial charge on any atom is 0.309 e. The Hall–Kier alpha value is -0.980. The smallest absolute Gasteiger partial charge is 0.309 e. The number of ketones is 1. The molecule has 1 aliphatic carbocycles. The minimum absolute atomic E-state index is 0.0477. The van der Waals surface area contributed by atoms with Crippen LogP contribution in [0, 0.1) is 11.8 Å². The summed E-state index contributed by atoms with van der Waals surface area (Å²) in [7, 11) is 1.58. The Kier molecular flexibility index (Phi) is 2.09. The van der Waals surface area contributed by atoms with Gasteiger partial charge in [0.2, 0.25) is 0 Å². The lowest BCUT2D eigenvalue weighted by atomic mass is 9.79. The van der Waals surface area contributed by atoms with Crippen LogP contribution in [0.15, 0.2) is 0 Å². The van der Waals surface area contributed by atoms with Crippen LogP contribution in [-0.2, 0) is 28.5 Å². The van der Waals surface area contributed by atoms with Gasteiger partial charge >= 0.3 is 5.97 Å². The highest BCUT2D eigenvalue weighted by atomic mass is 16.7. The fourth-order valence-corrected chi connectivity index (χ4v) is 4.25. The Morgan fingerprint density at radius 2 is 2.21 bits per heavy atom. The standard InChI is InChI=1S/C13H16O6/c1-12-10(15)6(4-16-2)7-5-17-8-3-9(14)18-11(8)13(7,12)19-12/h6-8,11H,3-5H2,1-2H3/t6-,7+,8+,11-,12+,13+/m0/s1. The monoisotopic (exact) mass is 268 g/mol. The summed E-state index contributed by atoms with van der Waals surface area (Å²) in [6.07, 6.45) is -0.476. The molecule has 1 saturated carbocycles. The van der Waals surface area contributed by atoms with Crippen LogP contribution < -0.4 is 0 Å². The molecule has 0 aromatic carbocycles. The number of ether oxygens (including phenoxy) is 4. The van der Waals surface area contributed by atoms with E-state index in [1.165, 1.54) is 0 Å². The van der Waals surface area contributed by atoms with Gasteiger partial charge in [-0.1, -0.05) is 0 Å². The maximum absolute atomic E-state index is 12.5. The van der Waals surface area contributed by atoms with Gasteiger partial charge in [0.1, 0.15) is 6.10 Å². The van der Waals surface area contributed by atoms with Crippen LogP contribution in [-0.4, -0.2) is 55.5 Å². The Labute approximate surface area is 110 Å². The second kappa shape index (κ2) is 3.37. The van der Waals surface area contributed by atoms with Gasteiger partial charge in [0, 0.05) is 13.0 Å². The maximum atomic E-state index is 12.5. The molecule has 3 heterocycles. The zero-order valence-corrected chi connectivity index (χ0v) is 10.9. The number of carbonyl (C=O) groups excluding carboxylic acids is 2. The summed E-state index contributed by atoms with van der Waals surface area (Å²) in [4.78, 5) is 24.0. The average molecular weight is 268 g/mol. The van der Waals surface area contributed by atoms with Gasteiger partial charge in [0.05, 0.1) is 25.6 Å². The largest absolute Gasteiger partial charge is 0.456 e. The number of esters is 1. The van der Waals surface area contributed by atoms with Crippen molar-refractivity contribution in [3.05, 3.63) is 0 Å². The van der Waals surface area contributed by atoms with Crippen molar-refractivity contribution in [2.24, 2.45) is 11.8 Å². The molecule has 0 aromatic rings. The molecule has 0 N–H and O–H groups in total. The van der Waals surface area contributed by atoms with Crippen molar-refractivity contribution < 1.29 is 28.5 Å². The SMILES string of the molecule is COC[C@@H]1C(=O)[C@@]2(C)O[C@@]23[C@@H]1CO[C@@H]1CC(=O)O[C@@H]13. The Balaban J connectivity index is 1.74. The number of hydrogen-bond acceptors (Lipinski definition) is 6. The van der Waals surface area contributed by atoms with Gasteiger partial charge in [-0.2, -0.15) is 0 Å². The number of rotatable bonds is 2. The lowest BCUT2D eigenvalue weighted by Gasteiger charge is -2.36. The third-order valence-corrected chi connectivity index (χ3v) is 5.14. The number of epoxide rings is 1. The minimum atomic E-state index is -0.835. The van der Waals surface area contributed by atoms with Crippen LogP contribution in [0.1, 0.15) is 13.3 Å². The van der Waals surface area contributed by atoms with Crippen molar-refractivity contribution in [2.45, 2.75) is 36.8 Å². The summed E-state index contributed by atoms with van der Waals surface area (Å²) in [6.45, 7) is 2.58. The first kappa shape index (κ1) is 11.8. The van der Waals surface area contributed by atoms with Crippen LogP contribution >= 0.6 is 0 Å². The van der Waals surface area contributed by atoms with Crippen molar-refractivity contribution in [2.75, 3.05) is 20.3 Å². The fourth-order valence-electron chi connectivity index (χ4n) is 4.25. The second-order valence-corrected chi connectivity index (χ2v) is 5.95. The Morgan fingerprint density at radius 1 is 1.42 bits per heavy atom. The molecule has 6 heteroatoms. The summed E-state index contributed by atoms with van der Waals surface area (Å²) in [5, 5.41) is 0. The molecule has 1 spiro atoms. The van der Waals surface area contributed by atoms with Crippen molar-refractivity contribution in [1.29, 1.82) is 0 Å². The predicted octanol–water partition coefficient (Wildman–Crippen LogP) is -0.310. The summed E-state index contributed by atoms with van der Waals surface area (Å²) in [5.74, 6) is -0.543. The van der Waals surface area contributed by atoms with E-state index in [9.17, 15) is 9.59 Å². The molecule has 0 unspecified atom stereocenters. The highest BCUT2D eigenvalue weighted by molar-refractivity contribution is 5.98. The van der Waals surface area contributed by atoms with Crippen LogP contribution in [0.2, 0.25) is 0 Å². The summed E-state index contributed by atoms with van der Waals surface area (Å²) in [6, 6.07) is 0. The van der Waals surface area contributed by atoms with Gasteiger partial charge in [0.25, 0.3) is 0 Å². The van der Waals surface area contributed by atoms with E-state index in [2.05, 4.69) is 0 Å². The summed E-state index contributed by atoms with van der Waals surface area (Å²) in [5.41, 5.74) is -1.51. The first-order valence-electron chi connectivity index (χ1n) is 6.59. The molecule has 4 fully saturated rings. The molecule has 3 aliphatic heterocycles. The van der Waals surface area contributed by atoms with Crippen LogP contribution in [0.5, 0.6) is 0 Å². The molecule has 4 rings (SSSR count). The normalized spacial score (nSPS) is 54.4. The first-order chi connectivity index (χ1) is 9.04. The molecule has 0 bridgehead atoms. The Bertz CT molecular complexity index is 476. The summed E-state index contributed by atoms with van der Waals surface area (Å²) >= 11 is 0. The second-order valence-electron chi connectivity index (χ2n) is 5.95. The van der Waals surface area contributed by atoms with E-state index in [4.69, 9.17) is 18.9 Å². The van der Waals surface area contributed by atoms with E-state index in [1.807, 2.05) is 0 Å². The fraction of sp³-hybridized carbons (Fsp3) is 0.846. The predicted molar refractivity (Wildman–Crippen MR) is 60.3 cm³/mol. The van der Waals surface area contributed by atoms with E-state index in [-0.39, 0.29) is 36.1 Å². The molecule has 6 atom stereocenters. The van der Waals surface area contributed by atoms with Gasteiger partial charge in [-0.25, -0.2) is 0 Å². The van der Waals surface area contributed by atoms with Gasteiger partial charge in [0.15, 0.2) is 23.1 Å². The highest BCUT2D eigenvalue weighted by Gasteiger charge is 2.87. The zero-order chi connectivity index (χ0) is 13.4. The van der Waals surface area contributed by atoms with Gasteiger partial charge < -0.3 is 18.9 Å². The van der Waals surface area contributed by atoms with Crippen molar-refractivity contribution in [1.82, 2.24) is 0 Å². The van der Waals surface area contributed by atoms with Crippen LogP contribution in [0.25, 0.3) is 0 Å². The molecule has 4 aliphatic rings. The van der Waals surface area contributed by atoms with E-state index in [0.717, 1.165) is 0 Å². The molecular formula is C13H16O6. The third kappa shape index (κ3) is 1.14. The zero-order valence-electron chi connectivity index (χ0n) is 10.9. The van der Waals surface area contributed by atoms with E-state index >= 15 is 0 Å². The lowest BCUT2D eigenvalue weighted by molar-refractivity contribution is -0.160. The van der Waals surface area contributed by atoms with Gasteiger partial charge in [-0.05, 0) is 6.92 Å². The molecule has 0 amide bonds. The van der Waals surface area contributed by atoms with E-state index in [0.29, 0.717) is 13.2 Å². The number of fused-ring (bicyclic) bond motifs is 1. The molecule has 3 saturated heterocycles. The topological polar surface area (TPSA) is 74.4 Å². The molecule has 104 valence electrons. The number of Topliss-reactive ketones (excluding diaryl/α,β-unsaturated/α-hetero) is 1. The van der Waals surface area contributed by atoms with Crippen molar-refractivity contribution >= 4 is 11.8 Å². The Morgan fingerprint density at radius 3 is 2.95 bits per heavy atom. The van der Waals surface area contributed by atoms with Gasteiger partial charge in [-0.3, -0.25) is 9.59 Å². The molecular weight excluding hydrogens is 252 g/mol. The number of methoxy groups -OCH3 is 1. The number of carbonyl (C=O) groups is 2. The quantitative estimate of drug-likeness (QED) is 0.505. The van der Waals surface area contributed by atoms with E-state index in [1.54, 1.807) is 14.0 Å². The summed E-state index contributed by atoms with van der Waals surface area (Å²) < 4.78 is 22.1. The molecule has 6 nitrogen and oxygen atoms in total. The highest BCUT2D eigenvalue weighted by Crippen LogP contribution is 2.67. The first-order valence-corrected chi connectivity index (χ1v) is 6.59. The van der Waals surface area contributed by atoms with Crippen LogP contribution in [0.3, 0.4) is 0 Å². The third-order valence-electron chi connectivity index (χ3n) is 5.14. The van der Waals surface area contributed by atoms with Crippen LogP contribution in [0.4, 0.5) is 0 Å².